The maximum atomic E-state index is 11.7. The van der Waals surface area contributed by atoms with Crippen molar-refractivity contribution in [1.82, 2.24) is 10.6 Å². The molecule has 0 bridgehead atoms. The normalized spacial score (nSPS) is 24.1. The van der Waals surface area contributed by atoms with Gasteiger partial charge in [0.2, 0.25) is 0 Å². The second-order valence-electron chi connectivity index (χ2n) is 5.21. The van der Waals surface area contributed by atoms with Crippen molar-refractivity contribution in [3.63, 3.8) is 0 Å². The Kier molecular flexibility index (Phi) is 4.95. The van der Waals surface area contributed by atoms with Crippen molar-refractivity contribution in [1.29, 1.82) is 0 Å². The quantitative estimate of drug-likeness (QED) is 0.704. The lowest BCUT2D eigenvalue weighted by Crippen LogP contribution is -2.52. The van der Waals surface area contributed by atoms with E-state index in [4.69, 9.17) is 9.84 Å². The third kappa shape index (κ3) is 4.52. The minimum atomic E-state index is -1.01. The van der Waals surface area contributed by atoms with E-state index in [-0.39, 0.29) is 11.6 Å². The van der Waals surface area contributed by atoms with Crippen LogP contribution in [0.5, 0.6) is 0 Å². The molecule has 18 heavy (non-hydrogen) atoms. The van der Waals surface area contributed by atoms with Gasteiger partial charge in [0.1, 0.15) is 6.04 Å². The maximum Gasteiger partial charge on any atom is 0.326 e. The van der Waals surface area contributed by atoms with Gasteiger partial charge in [-0.2, -0.15) is 0 Å². The predicted molar refractivity (Wildman–Crippen MR) is 66.4 cm³/mol. The molecule has 3 N–H and O–H groups in total. The fourth-order valence-corrected chi connectivity index (χ4v) is 2.08. The minimum Gasteiger partial charge on any atom is -0.480 e. The Hall–Kier alpha value is -1.30. The van der Waals surface area contributed by atoms with Crippen LogP contribution in [0, 0.1) is 0 Å². The fourth-order valence-electron chi connectivity index (χ4n) is 2.08. The van der Waals surface area contributed by atoms with Crippen LogP contribution in [0.1, 0.15) is 40.0 Å². The van der Waals surface area contributed by atoms with Gasteiger partial charge in [0, 0.05) is 12.6 Å². The van der Waals surface area contributed by atoms with E-state index in [0.717, 1.165) is 12.8 Å². The van der Waals surface area contributed by atoms with Crippen molar-refractivity contribution in [3.8, 4) is 0 Å². The molecule has 104 valence electrons. The number of ether oxygens (including phenoxy) is 1. The van der Waals surface area contributed by atoms with Crippen molar-refractivity contribution < 1.29 is 19.4 Å². The topological polar surface area (TPSA) is 87.7 Å². The number of hydrogen-bond donors (Lipinski definition) is 3. The Morgan fingerprint density at radius 1 is 1.50 bits per heavy atom. The zero-order valence-corrected chi connectivity index (χ0v) is 11.2. The summed E-state index contributed by atoms with van der Waals surface area (Å²) in [4.78, 5) is 22.5. The van der Waals surface area contributed by atoms with Gasteiger partial charge < -0.3 is 20.5 Å². The van der Waals surface area contributed by atoms with E-state index in [2.05, 4.69) is 10.6 Å². The van der Waals surface area contributed by atoms with Crippen molar-refractivity contribution in [2.24, 2.45) is 0 Å². The lowest BCUT2D eigenvalue weighted by atomic mass is 9.94. The van der Waals surface area contributed by atoms with Crippen LogP contribution in [0.3, 0.4) is 0 Å². The van der Waals surface area contributed by atoms with Crippen LogP contribution in [0.2, 0.25) is 0 Å². The smallest absolute Gasteiger partial charge is 0.326 e. The first kappa shape index (κ1) is 14.8. The third-order valence-corrected chi connectivity index (χ3v) is 3.04. The van der Waals surface area contributed by atoms with Crippen LogP contribution in [-0.2, 0) is 9.53 Å². The first-order valence-electron chi connectivity index (χ1n) is 6.28. The molecule has 2 unspecified atom stereocenters. The summed E-state index contributed by atoms with van der Waals surface area (Å²) in [6, 6.07) is -1.23. The Morgan fingerprint density at radius 2 is 2.17 bits per heavy atom. The molecule has 0 aromatic rings. The number of aliphatic carboxylic acids is 1. The zero-order valence-electron chi connectivity index (χ0n) is 11.2. The van der Waals surface area contributed by atoms with Crippen LogP contribution in [0.4, 0.5) is 4.79 Å². The number of carboxylic acids is 1. The number of rotatable bonds is 4. The molecule has 6 heteroatoms. The van der Waals surface area contributed by atoms with E-state index in [1.54, 1.807) is 6.92 Å². The SMILES string of the molecule is CCC(NC(=O)NC1CCOC(C)(C)C1)C(=O)O. The van der Waals surface area contributed by atoms with Crippen molar-refractivity contribution in [3.05, 3.63) is 0 Å². The monoisotopic (exact) mass is 258 g/mol. The highest BCUT2D eigenvalue weighted by atomic mass is 16.5. The zero-order chi connectivity index (χ0) is 13.8. The molecule has 1 aliphatic heterocycles. The summed E-state index contributed by atoms with van der Waals surface area (Å²) < 4.78 is 5.55. The molecule has 0 spiro atoms. The van der Waals surface area contributed by atoms with E-state index in [9.17, 15) is 9.59 Å². The molecule has 0 radical (unpaired) electrons. The van der Waals surface area contributed by atoms with Crippen LogP contribution >= 0.6 is 0 Å². The third-order valence-electron chi connectivity index (χ3n) is 3.04. The summed E-state index contributed by atoms with van der Waals surface area (Å²) in [5.41, 5.74) is -0.243. The molecular weight excluding hydrogens is 236 g/mol. The standard InChI is InChI=1S/C12H22N2O4/c1-4-9(10(15)16)14-11(17)13-8-5-6-18-12(2,3)7-8/h8-9H,4-7H2,1-3H3,(H,15,16)(H2,13,14,17). The number of carbonyl (C=O) groups excluding carboxylic acids is 1. The molecule has 0 aliphatic carbocycles. The summed E-state index contributed by atoms with van der Waals surface area (Å²) in [5, 5.41) is 14.1. The first-order valence-corrected chi connectivity index (χ1v) is 6.28. The summed E-state index contributed by atoms with van der Waals surface area (Å²) in [5.74, 6) is -1.01. The lowest BCUT2D eigenvalue weighted by Gasteiger charge is -2.35. The van der Waals surface area contributed by atoms with Gasteiger partial charge >= 0.3 is 12.0 Å². The van der Waals surface area contributed by atoms with Crippen molar-refractivity contribution >= 4 is 12.0 Å². The minimum absolute atomic E-state index is 0.0278. The molecule has 6 nitrogen and oxygen atoms in total. The van der Waals surface area contributed by atoms with Gasteiger partial charge in [0.25, 0.3) is 0 Å². The summed E-state index contributed by atoms with van der Waals surface area (Å²) in [6.07, 6.45) is 1.84. The van der Waals surface area contributed by atoms with Crippen molar-refractivity contribution in [2.75, 3.05) is 6.61 Å². The van der Waals surface area contributed by atoms with E-state index < -0.39 is 18.0 Å². The average molecular weight is 258 g/mol. The molecule has 2 atom stereocenters. The summed E-state index contributed by atoms with van der Waals surface area (Å²) in [7, 11) is 0. The summed E-state index contributed by atoms with van der Waals surface area (Å²) >= 11 is 0. The molecule has 1 heterocycles. The Balaban J connectivity index is 2.42. The van der Waals surface area contributed by atoms with E-state index in [1.165, 1.54) is 0 Å². The van der Waals surface area contributed by atoms with Crippen LogP contribution in [-0.4, -0.2) is 41.4 Å². The number of urea groups is 1. The lowest BCUT2D eigenvalue weighted by molar-refractivity contribution is -0.139. The number of nitrogens with one attached hydrogen (secondary N) is 2. The number of amides is 2. The van der Waals surface area contributed by atoms with Crippen LogP contribution < -0.4 is 10.6 Å². The molecular formula is C12H22N2O4. The van der Waals surface area contributed by atoms with E-state index in [0.29, 0.717) is 13.0 Å². The number of carbonyl (C=O) groups is 2. The Morgan fingerprint density at radius 3 is 2.67 bits per heavy atom. The molecule has 1 fully saturated rings. The van der Waals surface area contributed by atoms with Gasteiger partial charge in [-0.1, -0.05) is 6.92 Å². The molecule has 0 saturated carbocycles. The number of hydrogen-bond acceptors (Lipinski definition) is 3. The van der Waals surface area contributed by atoms with Gasteiger partial charge in [-0.05, 0) is 33.1 Å². The summed E-state index contributed by atoms with van der Waals surface area (Å²) in [6.45, 7) is 6.28. The highest BCUT2D eigenvalue weighted by Gasteiger charge is 2.30. The van der Waals surface area contributed by atoms with Crippen LogP contribution in [0.25, 0.3) is 0 Å². The van der Waals surface area contributed by atoms with E-state index in [1.807, 2.05) is 13.8 Å². The van der Waals surface area contributed by atoms with Gasteiger partial charge in [0.05, 0.1) is 5.60 Å². The molecule has 1 saturated heterocycles. The highest BCUT2D eigenvalue weighted by molar-refractivity contribution is 5.82. The van der Waals surface area contributed by atoms with Crippen LogP contribution in [0.15, 0.2) is 0 Å². The van der Waals surface area contributed by atoms with Gasteiger partial charge in [-0.25, -0.2) is 9.59 Å². The molecule has 0 aromatic carbocycles. The van der Waals surface area contributed by atoms with Gasteiger partial charge in [-0.15, -0.1) is 0 Å². The van der Waals surface area contributed by atoms with Gasteiger partial charge in [0.15, 0.2) is 0 Å². The molecule has 1 aliphatic rings. The highest BCUT2D eigenvalue weighted by Crippen LogP contribution is 2.23. The van der Waals surface area contributed by atoms with E-state index >= 15 is 0 Å². The predicted octanol–water partition coefficient (Wildman–Crippen LogP) is 1.11. The second-order valence-corrected chi connectivity index (χ2v) is 5.21. The molecule has 0 aromatic heterocycles. The first-order chi connectivity index (χ1) is 8.34. The Bertz CT molecular complexity index is 317. The second kappa shape index (κ2) is 6.04. The average Bonchev–Trinajstić information content (AvgIpc) is 2.23. The molecule has 2 amide bonds. The Labute approximate surface area is 107 Å². The number of carboxylic acid groups (broad SMARTS) is 1. The van der Waals surface area contributed by atoms with Crippen molar-refractivity contribution in [2.45, 2.75) is 57.7 Å². The molecule has 1 rings (SSSR count). The fraction of sp³-hybridized carbons (Fsp3) is 0.833. The van der Waals surface area contributed by atoms with Gasteiger partial charge in [-0.3, -0.25) is 0 Å². The largest absolute Gasteiger partial charge is 0.480 e. The maximum absolute atomic E-state index is 11.7.